The second kappa shape index (κ2) is 4.93. The van der Waals surface area contributed by atoms with E-state index in [4.69, 9.17) is 0 Å². The van der Waals surface area contributed by atoms with Crippen LogP contribution in [0.25, 0.3) is 0 Å². The summed E-state index contributed by atoms with van der Waals surface area (Å²) in [4.78, 5) is 21.9. The first-order valence-electron chi connectivity index (χ1n) is 5.24. The predicted octanol–water partition coefficient (Wildman–Crippen LogP) is 3.10. The first kappa shape index (κ1) is 12.8. The highest BCUT2D eigenvalue weighted by atomic mass is 19.2. The molecule has 96 valence electrons. The van der Waals surface area contributed by atoms with Gasteiger partial charge in [0, 0.05) is 5.56 Å². The van der Waals surface area contributed by atoms with Crippen LogP contribution in [0.3, 0.4) is 0 Å². The van der Waals surface area contributed by atoms with Crippen molar-refractivity contribution in [2.24, 2.45) is 0 Å². The normalized spacial score (nSPS) is 10.2. The molecule has 6 heteroatoms. The van der Waals surface area contributed by atoms with E-state index in [9.17, 15) is 23.7 Å². The van der Waals surface area contributed by atoms with E-state index in [2.05, 4.69) is 0 Å². The second-order valence-corrected chi connectivity index (χ2v) is 3.74. The molecular weight excluding hydrogens is 256 g/mol. The Kier molecular flexibility index (Phi) is 3.33. The summed E-state index contributed by atoms with van der Waals surface area (Å²) >= 11 is 0. The first-order chi connectivity index (χ1) is 9.00. The highest BCUT2D eigenvalue weighted by molar-refractivity contribution is 6.11. The Labute approximate surface area is 106 Å². The van der Waals surface area contributed by atoms with Gasteiger partial charge in [-0.3, -0.25) is 14.9 Å². The van der Waals surface area contributed by atoms with E-state index in [1.807, 2.05) is 0 Å². The summed E-state index contributed by atoms with van der Waals surface area (Å²) in [7, 11) is 0. The van der Waals surface area contributed by atoms with Gasteiger partial charge in [0.25, 0.3) is 5.69 Å². The molecule has 0 aliphatic heterocycles. The first-order valence-corrected chi connectivity index (χ1v) is 5.24. The molecule has 0 amide bonds. The van der Waals surface area contributed by atoms with Crippen molar-refractivity contribution in [2.45, 2.75) is 0 Å². The van der Waals surface area contributed by atoms with Crippen molar-refractivity contribution >= 4 is 11.5 Å². The maximum atomic E-state index is 13.1. The number of halogens is 2. The Morgan fingerprint density at radius 1 is 1.05 bits per heavy atom. The molecule has 0 aromatic heterocycles. The largest absolute Gasteiger partial charge is 0.288 e. The average Bonchev–Trinajstić information content (AvgIpc) is 2.41. The van der Waals surface area contributed by atoms with E-state index < -0.39 is 33.6 Å². The lowest BCUT2D eigenvalue weighted by Crippen LogP contribution is -2.07. The lowest BCUT2D eigenvalue weighted by molar-refractivity contribution is -0.385. The van der Waals surface area contributed by atoms with Crippen molar-refractivity contribution in [2.75, 3.05) is 0 Å². The third kappa shape index (κ3) is 2.47. The van der Waals surface area contributed by atoms with Gasteiger partial charge in [-0.1, -0.05) is 30.3 Å². The summed E-state index contributed by atoms with van der Waals surface area (Å²) < 4.78 is 26.1. The van der Waals surface area contributed by atoms with Gasteiger partial charge in [-0.2, -0.15) is 0 Å². The Morgan fingerprint density at radius 3 is 2.21 bits per heavy atom. The molecule has 0 radical (unpaired) electrons. The Hall–Kier alpha value is -2.63. The number of carbonyl (C=O) groups excluding carboxylic acids is 1. The average molecular weight is 263 g/mol. The van der Waals surface area contributed by atoms with Crippen LogP contribution in [0, 0.1) is 21.7 Å². The summed E-state index contributed by atoms with van der Waals surface area (Å²) in [5, 5.41) is 10.8. The van der Waals surface area contributed by atoms with E-state index in [-0.39, 0.29) is 5.56 Å². The topological polar surface area (TPSA) is 60.2 Å². The zero-order chi connectivity index (χ0) is 14.0. The van der Waals surface area contributed by atoms with Crippen LogP contribution >= 0.6 is 0 Å². The maximum Gasteiger partial charge on any atom is 0.283 e. The van der Waals surface area contributed by atoms with Gasteiger partial charge in [0.05, 0.1) is 11.0 Å². The molecule has 4 nitrogen and oxygen atoms in total. The molecule has 0 bridgehead atoms. The molecule has 2 aromatic carbocycles. The fourth-order valence-electron chi connectivity index (χ4n) is 1.61. The number of nitro groups is 1. The van der Waals surface area contributed by atoms with E-state index in [0.717, 1.165) is 0 Å². The Bertz CT molecular complexity index is 656. The van der Waals surface area contributed by atoms with E-state index in [1.54, 1.807) is 18.2 Å². The van der Waals surface area contributed by atoms with Crippen LogP contribution in [0.1, 0.15) is 15.9 Å². The number of hydrogen-bond donors (Lipinski definition) is 0. The van der Waals surface area contributed by atoms with E-state index in [0.29, 0.717) is 12.1 Å². The van der Waals surface area contributed by atoms with Gasteiger partial charge >= 0.3 is 0 Å². The monoisotopic (exact) mass is 263 g/mol. The lowest BCUT2D eigenvalue weighted by atomic mass is 10.0. The second-order valence-electron chi connectivity index (χ2n) is 3.74. The number of rotatable bonds is 3. The third-order valence-electron chi connectivity index (χ3n) is 2.52. The van der Waals surface area contributed by atoms with Crippen molar-refractivity contribution in [1.29, 1.82) is 0 Å². The fourth-order valence-corrected chi connectivity index (χ4v) is 1.61. The molecule has 2 aromatic rings. The summed E-state index contributed by atoms with van der Waals surface area (Å²) in [6.45, 7) is 0. The van der Waals surface area contributed by atoms with Gasteiger partial charge in [0.2, 0.25) is 0 Å². The van der Waals surface area contributed by atoms with Crippen LogP contribution in [0.2, 0.25) is 0 Å². The summed E-state index contributed by atoms with van der Waals surface area (Å²) in [6.07, 6.45) is 0. The minimum atomic E-state index is -1.36. The van der Waals surface area contributed by atoms with Crippen molar-refractivity contribution in [3.8, 4) is 0 Å². The van der Waals surface area contributed by atoms with Crippen LogP contribution in [-0.4, -0.2) is 10.7 Å². The van der Waals surface area contributed by atoms with Crippen molar-refractivity contribution < 1.29 is 18.5 Å². The number of benzene rings is 2. The molecule has 0 atom stereocenters. The predicted molar refractivity (Wildman–Crippen MR) is 62.9 cm³/mol. The van der Waals surface area contributed by atoms with E-state index >= 15 is 0 Å². The van der Waals surface area contributed by atoms with Gasteiger partial charge in [-0.25, -0.2) is 8.78 Å². The number of ketones is 1. The lowest BCUT2D eigenvalue weighted by Gasteiger charge is -2.03. The van der Waals surface area contributed by atoms with Crippen LogP contribution in [0.4, 0.5) is 14.5 Å². The zero-order valence-corrected chi connectivity index (χ0v) is 9.47. The molecule has 0 aliphatic carbocycles. The van der Waals surface area contributed by atoms with Gasteiger partial charge in [-0.05, 0) is 6.07 Å². The molecule has 19 heavy (non-hydrogen) atoms. The van der Waals surface area contributed by atoms with Gasteiger partial charge in [0.15, 0.2) is 17.4 Å². The molecular formula is C13H7F2NO3. The van der Waals surface area contributed by atoms with Crippen LogP contribution in [0.15, 0.2) is 42.5 Å². The molecule has 0 fully saturated rings. The smallest absolute Gasteiger partial charge is 0.283 e. The molecule has 0 unspecified atom stereocenters. The van der Waals surface area contributed by atoms with E-state index in [1.165, 1.54) is 12.1 Å². The molecule has 0 aliphatic rings. The molecule has 0 saturated heterocycles. The Balaban J connectivity index is 2.59. The highest BCUT2D eigenvalue weighted by Gasteiger charge is 2.24. The molecule has 0 spiro atoms. The maximum absolute atomic E-state index is 13.1. The fraction of sp³-hybridized carbons (Fsp3) is 0. The van der Waals surface area contributed by atoms with Crippen molar-refractivity contribution in [3.63, 3.8) is 0 Å². The zero-order valence-electron chi connectivity index (χ0n) is 9.47. The number of nitrogens with zero attached hydrogens (tertiary/aromatic N) is 1. The number of hydrogen-bond acceptors (Lipinski definition) is 3. The summed E-state index contributed by atoms with van der Waals surface area (Å²) in [5.41, 5.74) is -1.07. The highest BCUT2D eigenvalue weighted by Crippen LogP contribution is 2.24. The summed E-state index contributed by atoms with van der Waals surface area (Å²) in [6, 6.07) is 8.63. The molecule has 0 heterocycles. The minimum absolute atomic E-state index is 0.164. The van der Waals surface area contributed by atoms with Crippen LogP contribution in [0.5, 0.6) is 0 Å². The van der Waals surface area contributed by atoms with Gasteiger partial charge < -0.3 is 0 Å². The third-order valence-corrected chi connectivity index (χ3v) is 2.52. The van der Waals surface area contributed by atoms with Crippen molar-refractivity contribution in [1.82, 2.24) is 0 Å². The molecule has 2 rings (SSSR count). The van der Waals surface area contributed by atoms with Crippen LogP contribution in [-0.2, 0) is 0 Å². The van der Waals surface area contributed by atoms with Gasteiger partial charge in [0.1, 0.15) is 5.56 Å². The van der Waals surface area contributed by atoms with Crippen molar-refractivity contribution in [3.05, 3.63) is 75.3 Å². The quantitative estimate of drug-likeness (QED) is 0.485. The molecule has 0 N–H and O–H groups in total. The van der Waals surface area contributed by atoms with Crippen LogP contribution < -0.4 is 0 Å². The summed E-state index contributed by atoms with van der Waals surface area (Å²) in [5.74, 6) is -3.40. The SMILES string of the molecule is O=C(c1ccccc1)c1cc(F)c(F)cc1[N+](=O)[O-]. The van der Waals surface area contributed by atoms with Gasteiger partial charge in [-0.15, -0.1) is 0 Å². The Morgan fingerprint density at radius 2 is 1.63 bits per heavy atom. The standard InChI is InChI=1S/C13H7F2NO3/c14-10-6-9(12(16(18)19)7-11(10)15)13(17)8-4-2-1-3-5-8/h1-7H. The molecule has 0 saturated carbocycles. The number of carbonyl (C=O) groups is 1. The minimum Gasteiger partial charge on any atom is -0.288 e. The number of nitro benzene ring substituents is 1.